The first kappa shape index (κ1) is 19.5. The van der Waals surface area contributed by atoms with E-state index in [0.717, 1.165) is 25.7 Å². The lowest BCUT2D eigenvalue weighted by molar-refractivity contribution is 0.0599. The number of esters is 1. The van der Waals surface area contributed by atoms with Gasteiger partial charge in [-0.05, 0) is 43.9 Å². The van der Waals surface area contributed by atoms with Gasteiger partial charge >= 0.3 is 5.97 Å². The highest BCUT2D eigenvalue weighted by Crippen LogP contribution is 2.28. The molecule has 1 aromatic rings. The fourth-order valence-corrected chi connectivity index (χ4v) is 2.86. The van der Waals surface area contributed by atoms with Crippen LogP contribution in [0.2, 0.25) is 0 Å². The molecule has 25 heavy (non-hydrogen) atoms. The summed E-state index contributed by atoms with van der Waals surface area (Å²) in [6, 6.07) is 5.07. The number of nitrogens with one attached hydrogen (secondary N) is 1. The number of aliphatic hydroxyl groups excluding tert-OH is 2. The second-order valence-corrected chi connectivity index (χ2v) is 6.24. The van der Waals surface area contributed by atoms with Crippen LogP contribution in [0, 0.1) is 0 Å². The van der Waals surface area contributed by atoms with Crippen molar-refractivity contribution in [1.29, 1.82) is 0 Å². The highest BCUT2D eigenvalue weighted by Gasteiger charge is 2.20. The average Bonchev–Trinajstić information content (AvgIpc) is 2.65. The fourth-order valence-electron chi connectivity index (χ4n) is 2.86. The van der Waals surface area contributed by atoms with Gasteiger partial charge < -0.3 is 29.7 Å². The summed E-state index contributed by atoms with van der Waals surface area (Å²) in [5.41, 5.74) is 0.369. The maximum absolute atomic E-state index is 11.5. The monoisotopic (exact) mass is 353 g/mol. The predicted molar refractivity (Wildman–Crippen MR) is 92.1 cm³/mol. The Morgan fingerprint density at radius 1 is 1.24 bits per heavy atom. The molecule has 0 heterocycles. The minimum atomic E-state index is -0.670. The summed E-state index contributed by atoms with van der Waals surface area (Å²) in [6.07, 6.45) is 2.57. The summed E-state index contributed by atoms with van der Waals surface area (Å²) in [4.78, 5) is 11.5. The standard InChI is InChI=1S/C18H27NO6/c1-23-17-9-12(18(22)24-2)3-8-16(17)25-11-15(21)10-19-13-4-6-14(20)7-5-13/h3,8-9,13-15,19-21H,4-7,10-11H2,1-2H3/t13?,14?,15-/m1/s1. The van der Waals surface area contributed by atoms with Gasteiger partial charge in [0.25, 0.3) is 0 Å². The number of hydrogen-bond acceptors (Lipinski definition) is 7. The lowest BCUT2D eigenvalue weighted by Gasteiger charge is -2.27. The molecule has 7 heteroatoms. The lowest BCUT2D eigenvalue weighted by Crippen LogP contribution is -2.40. The number of methoxy groups -OCH3 is 2. The van der Waals surface area contributed by atoms with E-state index in [9.17, 15) is 15.0 Å². The van der Waals surface area contributed by atoms with Gasteiger partial charge in [-0.1, -0.05) is 0 Å². The first-order chi connectivity index (χ1) is 12.0. The van der Waals surface area contributed by atoms with Crippen LogP contribution in [-0.4, -0.2) is 61.8 Å². The molecule has 1 aliphatic carbocycles. The van der Waals surface area contributed by atoms with E-state index in [0.29, 0.717) is 29.6 Å². The molecule has 0 amide bonds. The molecule has 0 bridgehead atoms. The van der Waals surface area contributed by atoms with Crippen LogP contribution < -0.4 is 14.8 Å². The lowest BCUT2D eigenvalue weighted by atomic mass is 9.93. The molecule has 140 valence electrons. The van der Waals surface area contributed by atoms with Crippen molar-refractivity contribution >= 4 is 5.97 Å². The summed E-state index contributed by atoms with van der Waals surface area (Å²) in [5.74, 6) is 0.408. The third kappa shape index (κ3) is 5.88. The average molecular weight is 353 g/mol. The molecular weight excluding hydrogens is 326 g/mol. The van der Waals surface area contributed by atoms with E-state index in [1.165, 1.54) is 14.2 Å². The Hall–Kier alpha value is -1.83. The Labute approximate surface area is 147 Å². The Balaban J connectivity index is 1.80. The fraction of sp³-hybridized carbons (Fsp3) is 0.611. The van der Waals surface area contributed by atoms with E-state index in [1.807, 2.05) is 0 Å². The van der Waals surface area contributed by atoms with Crippen molar-refractivity contribution in [1.82, 2.24) is 5.32 Å². The molecular formula is C18H27NO6. The first-order valence-electron chi connectivity index (χ1n) is 8.52. The maximum Gasteiger partial charge on any atom is 0.337 e. The van der Waals surface area contributed by atoms with Gasteiger partial charge in [0.2, 0.25) is 0 Å². The maximum atomic E-state index is 11.5. The van der Waals surface area contributed by atoms with Crippen LogP contribution in [0.4, 0.5) is 0 Å². The van der Waals surface area contributed by atoms with Crippen LogP contribution in [0.5, 0.6) is 11.5 Å². The molecule has 0 aliphatic heterocycles. The summed E-state index contributed by atoms with van der Waals surface area (Å²) in [6.45, 7) is 0.527. The summed E-state index contributed by atoms with van der Waals surface area (Å²) in [7, 11) is 2.80. The molecule has 1 aromatic carbocycles. The van der Waals surface area contributed by atoms with E-state index in [1.54, 1.807) is 18.2 Å². The van der Waals surface area contributed by atoms with Crippen LogP contribution in [0.3, 0.4) is 0 Å². The summed E-state index contributed by atoms with van der Waals surface area (Å²) in [5, 5.41) is 22.9. The van der Waals surface area contributed by atoms with Crippen LogP contribution >= 0.6 is 0 Å². The SMILES string of the molecule is COC(=O)c1ccc(OC[C@H](O)CNC2CCC(O)CC2)c(OC)c1. The van der Waals surface area contributed by atoms with Crippen LogP contribution in [0.25, 0.3) is 0 Å². The van der Waals surface area contributed by atoms with Crippen molar-refractivity contribution in [2.24, 2.45) is 0 Å². The zero-order chi connectivity index (χ0) is 18.2. The van der Waals surface area contributed by atoms with E-state index in [-0.39, 0.29) is 12.7 Å². The molecule has 3 N–H and O–H groups in total. The Bertz CT molecular complexity index is 556. The van der Waals surface area contributed by atoms with Gasteiger partial charge in [-0.25, -0.2) is 4.79 Å². The molecule has 1 fully saturated rings. The van der Waals surface area contributed by atoms with E-state index >= 15 is 0 Å². The van der Waals surface area contributed by atoms with Crippen molar-refractivity contribution in [2.75, 3.05) is 27.4 Å². The van der Waals surface area contributed by atoms with E-state index < -0.39 is 12.1 Å². The zero-order valence-electron chi connectivity index (χ0n) is 14.7. The van der Waals surface area contributed by atoms with Gasteiger partial charge in [0.05, 0.1) is 25.9 Å². The molecule has 0 radical (unpaired) electrons. The van der Waals surface area contributed by atoms with Gasteiger partial charge in [-0.2, -0.15) is 0 Å². The Kier molecular flexibility index (Phi) is 7.49. The molecule has 0 saturated heterocycles. The van der Waals surface area contributed by atoms with Gasteiger partial charge in [-0.3, -0.25) is 0 Å². The minimum absolute atomic E-state index is 0.107. The smallest absolute Gasteiger partial charge is 0.337 e. The number of carbonyl (C=O) groups is 1. The molecule has 0 spiro atoms. The third-order valence-corrected chi connectivity index (χ3v) is 4.35. The number of hydrogen-bond donors (Lipinski definition) is 3. The van der Waals surface area contributed by atoms with E-state index in [4.69, 9.17) is 9.47 Å². The number of ether oxygens (including phenoxy) is 3. The Morgan fingerprint density at radius 2 is 1.96 bits per heavy atom. The number of carbonyl (C=O) groups excluding carboxylic acids is 1. The van der Waals surface area contributed by atoms with Crippen molar-refractivity contribution in [3.05, 3.63) is 23.8 Å². The van der Waals surface area contributed by atoms with Crippen molar-refractivity contribution < 1.29 is 29.2 Å². The van der Waals surface area contributed by atoms with Gasteiger partial charge in [0.1, 0.15) is 12.7 Å². The summed E-state index contributed by atoms with van der Waals surface area (Å²) >= 11 is 0. The molecule has 0 unspecified atom stereocenters. The third-order valence-electron chi connectivity index (χ3n) is 4.35. The van der Waals surface area contributed by atoms with Gasteiger partial charge in [-0.15, -0.1) is 0 Å². The second kappa shape index (κ2) is 9.60. The van der Waals surface area contributed by atoms with Crippen molar-refractivity contribution in [2.45, 2.75) is 43.9 Å². The van der Waals surface area contributed by atoms with Crippen molar-refractivity contribution in [3.8, 4) is 11.5 Å². The molecule has 1 aliphatic rings. The Morgan fingerprint density at radius 3 is 2.60 bits per heavy atom. The van der Waals surface area contributed by atoms with Crippen LogP contribution in [0.1, 0.15) is 36.0 Å². The summed E-state index contributed by atoms with van der Waals surface area (Å²) < 4.78 is 15.5. The molecule has 1 atom stereocenters. The largest absolute Gasteiger partial charge is 0.493 e. The van der Waals surface area contributed by atoms with Crippen LogP contribution in [0.15, 0.2) is 18.2 Å². The van der Waals surface area contributed by atoms with Gasteiger partial charge in [0, 0.05) is 12.6 Å². The molecule has 2 rings (SSSR count). The topological polar surface area (TPSA) is 97.3 Å². The van der Waals surface area contributed by atoms with Crippen LogP contribution in [-0.2, 0) is 4.74 Å². The second-order valence-electron chi connectivity index (χ2n) is 6.24. The molecule has 7 nitrogen and oxygen atoms in total. The van der Waals surface area contributed by atoms with Gasteiger partial charge in [0.15, 0.2) is 11.5 Å². The highest BCUT2D eigenvalue weighted by atomic mass is 16.5. The predicted octanol–water partition coefficient (Wildman–Crippen LogP) is 1.11. The molecule has 0 aromatic heterocycles. The zero-order valence-corrected chi connectivity index (χ0v) is 14.7. The van der Waals surface area contributed by atoms with Crippen molar-refractivity contribution in [3.63, 3.8) is 0 Å². The number of rotatable bonds is 8. The highest BCUT2D eigenvalue weighted by molar-refractivity contribution is 5.90. The quantitative estimate of drug-likeness (QED) is 0.603. The minimum Gasteiger partial charge on any atom is -0.493 e. The normalized spacial score (nSPS) is 21.4. The number of aliphatic hydroxyl groups is 2. The molecule has 1 saturated carbocycles. The van der Waals surface area contributed by atoms with E-state index in [2.05, 4.69) is 10.1 Å². The first-order valence-corrected chi connectivity index (χ1v) is 8.52. The number of benzene rings is 1.